The van der Waals surface area contributed by atoms with Gasteiger partial charge in [-0.1, -0.05) is 0 Å². The van der Waals surface area contributed by atoms with Crippen LogP contribution < -0.4 is 9.88 Å². The highest BCUT2D eigenvalue weighted by atomic mass is 32.2. The number of primary sulfonamides is 1. The fourth-order valence-electron chi connectivity index (χ4n) is 1.85. The molecule has 1 aromatic rings. The van der Waals surface area contributed by atoms with Crippen LogP contribution in [-0.4, -0.2) is 42.0 Å². The summed E-state index contributed by atoms with van der Waals surface area (Å²) in [6, 6.07) is 3.08. The summed E-state index contributed by atoms with van der Waals surface area (Å²) in [6.45, 7) is 5.69. The Kier molecular flexibility index (Phi) is 7.10. The van der Waals surface area contributed by atoms with Crippen LogP contribution in [0.2, 0.25) is 0 Å². The molecule has 0 heterocycles. The van der Waals surface area contributed by atoms with E-state index >= 15 is 0 Å². The van der Waals surface area contributed by atoms with Crippen molar-refractivity contribution >= 4 is 10.0 Å². The van der Waals surface area contributed by atoms with Gasteiger partial charge in [-0.2, -0.15) is 0 Å². The zero-order valence-electron chi connectivity index (χ0n) is 12.7. The second kappa shape index (κ2) is 8.33. The van der Waals surface area contributed by atoms with Crippen molar-refractivity contribution in [1.29, 1.82) is 0 Å². The van der Waals surface area contributed by atoms with Gasteiger partial charge in [0.1, 0.15) is 12.4 Å². The Hall–Kier alpha value is -1.15. The molecule has 21 heavy (non-hydrogen) atoms. The summed E-state index contributed by atoms with van der Waals surface area (Å²) in [5, 5.41) is 5.16. The molecule has 1 aromatic carbocycles. The van der Waals surface area contributed by atoms with E-state index in [9.17, 15) is 8.42 Å². The van der Waals surface area contributed by atoms with E-state index in [1.54, 1.807) is 27.0 Å². The largest absolute Gasteiger partial charge is 0.491 e. The SMILES string of the molecule is COCCCOCCOc1ccc(S(N)(=O)=O)c(C)c1C. The molecule has 0 aliphatic rings. The van der Waals surface area contributed by atoms with E-state index in [1.165, 1.54) is 6.07 Å². The normalized spacial score (nSPS) is 11.6. The number of methoxy groups -OCH3 is 1. The Morgan fingerprint density at radius 1 is 1.05 bits per heavy atom. The molecule has 0 atom stereocenters. The fraction of sp³-hybridized carbons (Fsp3) is 0.571. The quantitative estimate of drug-likeness (QED) is 0.695. The summed E-state index contributed by atoms with van der Waals surface area (Å²) in [5.74, 6) is 0.639. The number of rotatable bonds is 9. The first-order chi connectivity index (χ1) is 9.88. The molecule has 0 saturated heterocycles. The highest BCUT2D eigenvalue weighted by Gasteiger charge is 2.15. The molecule has 0 aromatic heterocycles. The van der Waals surface area contributed by atoms with E-state index < -0.39 is 10.0 Å². The van der Waals surface area contributed by atoms with Crippen LogP contribution in [0.4, 0.5) is 0 Å². The molecule has 0 aliphatic heterocycles. The first-order valence-electron chi connectivity index (χ1n) is 6.70. The summed E-state index contributed by atoms with van der Waals surface area (Å²) in [6.07, 6.45) is 0.845. The van der Waals surface area contributed by atoms with E-state index in [-0.39, 0.29) is 4.90 Å². The lowest BCUT2D eigenvalue weighted by molar-refractivity contribution is 0.0804. The lowest BCUT2D eigenvalue weighted by Gasteiger charge is -2.13. The van der Waals surface area contributed by atoms with E-state index in [2.05, 4.69) is 0 Å². The van der Waals surface area contributed by atoms with Crippen LogP contribution >= 0.6 is 0 Å². The van der Waals surface area contributed by atoms with Crippen LogP contribution in [0.25, 0.3) is 0 Å². The zero-order chi connectivity index (χ0) is 15.9. The molecule has 6 nitrogen and oxygen atoms in total. The smallest absolute Gasteiger partial charge is 0.238 e. The van der Waals surface area contributed by atoms with E-state index in [1.807, 2.05) is 0 Å². The second-order valence-corrected chi connectivity index (χ2v) is 6.19. The van der Waals surface area contributed by atoms with Gasteiger partial charge in [0.2, 0.25) is 10.0 Å². The number of hydrogen-bond acceptors (Lipinski definition) is 5. The van der Waals surface area contributed by atoms with Crippen LogP contribution in [-0.2, 0) is 19.5 Å². The summed E-state index contributed by atoms with van der Waals surface area (Å²) in [4.78, 5) is 0.128. The Bertz CT molecular complexity index is 557. The van der Waals surface area contributed by atoms with E-state index in [4.69, 9.17) is 19.3 Å². The van der Waals surface area contributed by atoms with Crippen molar-refractivity contribution in [3.05, 3.63) is 23.3 Å². The number of nitrogens with two attached hydrogens (primary N) is 1. The minimum Gasteiger partial charge on any atom is -0.491 e. The lowest BCUT2D eigenvalue weighted by atomic mass is 10.1. The van der Waals surface area contributed by atoms with Gasteiger partial charge in [-0.25, -0.2) is 13.6 Å². The topological polar surface area (TPSA) is 87.8 Å². The Labute approximate surface area is 126 Å². The van der Waals surface area contributed by atoms with Gasteiger partial charge >= 0.3 is 0 Å². The summed E-state index contributed by atoms with van der Waals surface area (Å²) >= 11 is 0. The first kappa shape index (κ1) is 17.9. The van der Waals surface area contributed by atoms with Gasteiger partial charge in [0, 0.05) is 20.3 Å². The minimum atomic E-state index is -3.70. The van der Waals surface area contributed by atoms with Crippen LogP contribution in [0.5, 0.6) is 5.75 Å². The molecule has 7 heteroatoms. The third-order valence-electron chi connectivity index (χ3n) is 3.12. The van der Waals surface area contributed by atoms with Crippen molar-refractivity contribution in [3.63, 3.8) is 0 Å². The Morgan fingerprint density at radius 2 is 1.76 bits per heavy atom. The van der Waals surface area contributed by atoms with Crippen molar-refractivity contribution in [1.82, 2.24) is 0 Å². The van der Waals surface area contributed by atoms with Gasteiger partial charge in [-0.3, -0.25) is 0 Å². The molecule has 0 bridgehead atoms. The molecular weight excluding hydrogens is 294 g/mol. The molecule has 0 radical (unpaired) electrons. The van der Waals surface area contributed by atoms with Crippen molar-refractivity contribution in [3.8, 4) is 5.75 Å². The molecular formula is C14H23NO5S. The van der Waals surface area contributed by atoms with Gasteiger partial charge in [0.25, 0.3) is 0 Å². The highest BCUT2D eigenvalue weighted by Crippen LogP contribution is 2.26. The maximum atomic E-state index is 11.4. The zero-order valence-corrected chi connectivity index (χ0v) is 13.5. The van der Waals surface area contributed by atoms with Crippen molar-refractivity contribution in [2.24, 2.45) is 5.14 Å². The third kappa shape index (κ3) is 5.62. The molecule has 0 amide bonds. The van der Waals surface area contributed by atoms with E-state index in [0.717, 1.165) is 12.0 Å². The van der Waals surface area contributed by atoms with Gasteiger partial charge < -0.3 is 14.2 Å². The van der Waals surface area contributed by atoms with Crippen molar-refractivity contribution in [2.45, 2.75) is 25.2 Å². The summed E-state index contributed by atoms with van der Waals surface area (Å²) in [5.41, 5.74) is 1.37. The van der Waals surface area contributed by atoms with Gasteiger partial charge in [0.15, 0.2) is 0 Å². The van der Waals surface area contributed by atoms with Crippen LogP contribution in [0.3, 0.4) is 0 Å². The molecule has 0 aliphatic carbocycles. The summed E-state index contributed by atoms with van der Waals surface area (Å²) in [7, 11) is -2.05. The van der Waals surface area contributed by atoms with Gasteiger partial charge in [0.05, 0.1) is 11.5 Å². The highest BCUT2D eigenvalue weighted by molar-refractivity contribution is 7.89. The number of ether oxygens (including phenoxy) is 3. The monoisotopic (exact) mass is 317 g/mol. The second-order valence-electron chi connectivity index (χ2n) is 4.66. The molecule has 0 unspecified atom stereocenters. The van der Waals surface area contributed by atoms with Crippen LogP contribution in [0.1, 0.15) is 17.5 Å². The summed E-state index contributed by atoms with van der Waals surface area (Å²) < 4.78 is 38.7. The number of hydrogen-bond donors (Lipinski definition) is 1. The van der Waals surface area contributed by atoms with Crippen molar-refractivity contribution < 1.29 is 22.6 Å². The number of sulfonamides is 1. The number of benzene rings is 1. The van der Waals surface area contributed by atoms with Gasteiger partial charge in [-0.15, -0.1) is 0 Å². The van der Waals surface area contributed by atoms with Gasteiger partial charge in [-0.05, 0) is 43.5 Å². The Balaban J connectivity index is 2.52. The fourth-order valence-corrected chi connectivity index (χ4v) is 2.69. The minimum absolute atomic E-state index is 0.128. The predicted octanol–water partition coefficient (Wildman–Crippen LogP) is 1.38. The Morgan fingerprint density at radius 3 is 2.38 bits per heavy atom. The van der Waals surface area contributed by atoms with E-state index in [0.29, 0.717) is 37.7 Å². The molecule has 0 spiro atoms. The molecule has 0 saturated carbocycles. The van der Waals surface area contributed by atoms with Crippen molar-refractivity contribution in [2.75, 3.05) is 33.5 Å². The predicted molar refractivity (Wildman–Crippen MR) is 80.1 cm³/mol. The molecule has 120 valence electrons. The third-order valence-corrected chi connectivity index (χ3v) is 4.17. The maximum absolute atomic E-state index is 11.4. The standard InChI is InChI=1S/C14H23NO5S/c1-11-12(2)14(21(15,16)17)6-5-13(11)20-10-9-19-8-4-7-18-3/h5-6H,4,7-10H2,1-3H3,(H2,15,16,17). The molecule has 2 N–H and O–H groups in total. The average Bonchev–Trinajstić information content (AvgIpc) is 2.41. The molecule has 1 rings (SSSR count). The van der Waals surface area contributed by atoms with Crippen LogP contribution in [0.15, 0.2) is 17.0 Å². The maximum Gasteiger partial charge on any atom is 0.238 e. The van der Waals surface area contributed by atoms with Crippen LogP contribution in [0, 0.1) is 13.8 Å². The molecule has 0 fully saturated rings. The lowest BCUT2D eigenvalue weighted by Crippen LogP contribution is -2.15. The first-order valence-corrected chi connectivity index (χ1v) is 8.25. The average molecular weight is 317 g/mol.